The Morgan fingerprint density at radius 1 is 0.377 bits per heavy atom. The van der Waals surface area contributed by atoms with E-state index in [1.54, 1.807) is 0 Å². The van der Waals surface area contributed by atoms with E-state index in [1.165, 1.54) is 128 Å². The number of rotatable bonds is 40. The molecule has 0 aliphatic rings. The van der Waals surface area contributed by atoms with Gasteiger partial charge >= 0.3 is 17.9 Å². The molecule has 0 saturated heterocycles. The minimum absolute atomic E-state index is 0.0669. The van der Waals surface area contributed by atoms with Crippen molar-refractivity contribution in [2.24, 2.45) is 17.8 Å². The lowest BCUT2D eigenvalue weighted by atomic mass is 10.00. The quantitative estimate of drug-likeness (QED) is 0.0352. The summed E-state index contributed by atoms with van der Waals surface area (Å²) in [6, 6.07) is 0. The molecule has 314 valence electrons. The number of carbonyl (C=O) groups is 3. The van der Waals surface area contributed by atoms with Crippen LogP contribution >= 0.6 is 0 Å². The number of hydrogen-bond acceptors (Lipinski definition) is 6. The van der Waals surface area contributed by atoms with E-state index in [2.05, 4.69) is 41.5 Å². The van der Waals surface area contributed by atoms with Gasteiger partial charge in [-0.05, 0) is 37.0 Å². The van der Waals surface area contributed by atoms with Crippen LogP contribution < -0.4 is 0 Å². The number of ether oxygens (including phenoxy) is 3. The van der Waals surface area contributed by atoms with Crippen molar-refractivity contribution in [2.45, 2.75) is 253 Å². The van der Waals surface area contributed by atoms with Crippen LogP contribution in [0.25, 0.3) is 0 Å². The van der Waals surface area contributed by atoms with E-state index in [9.17, 15) is 14.4 Å². The van der Waals surface area contributed by atoms with Crippen molar-refractivity contribution in [1.82, 2.24) is 0 Å². The highest BCUT2D eigenvalue weighted by atomic mass is 16.6. The fourth-order valence-corrected chi connectivity index (χ4v) is 6.85. The second kappa shape index (κ2) is 38.7. The van der Waals surface area contributed by atoms with E-state index in [-0.39, 0.29) is 31.1 Å². The molecule has 0 spiro atoms. The zero-order valence-electron chi connectivity index (χ0n) is 36.3. The second-order valence-electron chi connectivity index (χ2n) is 17.2. The summed E-state index contributed by atoms with van der Waals surface area (Å²) < 4.78 is 16.7. The topological polar surface area (TPSA) is 78.9 Å². The Balaban J connectivity index is 4.31. The molecule has 0 radical (unpaired) electrons. The zero-order chi connectivity index (χ0) is 39.2. The maximum atomic E-state index is 12.7. The van der Waals surface area contributed by atoms with Crippen molar-refractivity contribution in [3.05, 3.63) is 0 Å². The normalized spacial score (nSPS) is 12.7. The van der Waals surface area contributed by atoms with Crippen LogP contribution in [0.5, 0.6) is 0 Å². The highest BCUT2D eigenvalue weighted by Crippen LogP contribution is 2.17. The smallest absolute Gasteiger partial charge is 0.306 e. The van der Waals surface area contributed by atoms with Crippen LogP contribution in [0.2, 0.25) is 0 Å². The Morgan fingerprint density at radius 2 is 0.660 bits per heavy atom. The lowest BCUT2D eigenvalue weighted by Gasteiger charge is -2.18. The summed E-state index contributed by atoms with van der Waals surface area (Å²) >= 11 is 0. The minimum Gasteiger partial charge on any atom is -0.462 e. The molecule has 0 rings (SSSR count). The molecule has 2 atom stereocenters. The summed E-state index contributed by atoms with van der Waals surface area (Å²) in [7, 11) is 0. The Kier molecular flexibility index (Phi) is 37.5. The molecule has 0 aromatic heterocycles. The van der Waals surface area contributed by atoms with Gasteiger partial charge in [0.2, 0.25) is 0 Å². The van der Waals surface area contributed by atoms with Crippen LogP contribution in [0.3, 0.4) is 0 Å². The Bertz CT molecular complexity index is 824. The Hall–Kier alpha value is -1.59. The fourth-order valence-electron chi connectivity index (χ4n) is 6.85. The predicted octanol–water partition coefficient (Wildman–Crippen LogP) is 14.4. The lowest BCUT2D eigenvalue weighted by molar-refractivity contribution is -0.167. The first-order valence-corrected chi connectivity index (χ1v) is 23.1. The largest absolute Gasteiger partial charge is 0.462 e. The van der Waals surface area contributed by atoms with Gasteiger partial charge < -0.3 is 14.2 Å². The number of unbranched alkanes of at least 4 members (excludes halogenated alkanes) is 22. The van der Waals surface area contributed by atoms with Gasteiger partial charge in [0.1, 0.15) is 13.2 Å². The standard InChI is InChI=1S/C47H90O6/c1-7-43(6)35-29-23-19-20-25-31-37-46(49)52-40-44(53-47(50)38-32-26-18-14-16-22-28-34-42(4)5)39-51-45(48)36-30-24-17-13-11-9-8-10-12-15-21-27-33-41(2)3/h41-44H,7-40H2,1-6H3/t43?,44-/m0/s1. The molecule has 6 heteroatoms. The summed E-state index contributed by atoms with van der Waals surface area (Å²) in [5.74, 6) is 1.56. The van der Waals surface area contributed by atoms with E-state index in [0.29, 0.717) is 19.3 Å². The third kappa shape index (κ3) is 39.9. The van der Waals surface area contributed by atoms with E-state index >= 15 is 0 Å². The fraction of sp³-hybridized carbons (Fsp3) is 0.936. The molecular formula is C47H90O6. The van der Waals surface area contributed by atoms with Gasteiger partial charge in [0.25, 0.3) is 0 Å². The summed E-state index contributed by atoms with van der Waals surface area (Å²) in [6.45, 7) is 13.6. The van der Waals surface area contributed by atoms with Gasteiger partial charge in [-0.3, -0.25) is 14.4 Å². The van der Waals surface area contributed by atoms with E-state index < -0.39 is 6.10 Å². The number of carbonyl (C=O) groups excluding carboxylic acids is 3. The van der Waals surface area contributed by atoms with Crippen LogP contribution in [0.4, 0.5) is 0 Å². The van der Waals surface area contributed by atoms with Crippen LogP contribution in [-0.2, 0) is 28.6 Å². The molecule has 53 heavy (non-hydrogen) atoms. The molecule has 0 amide bonds. The van der Waals surface area contributed by atoms with Gasteiger partial charge in [-0.15, -0.1) is 0 Å². The molecule has 0 fully saturated rings. The van der Waals surface area contributed by atoms with E-state index in [0.717, 1.165) is 75.5 Å². The van der Waals surface area contributed by atoms with Gasteiger partial charge in [0, 0.05) is 19.3 Å². The molecule has 0 aliphatic carbocycles. The molecule has 0 aromatic carbocycles. The zero-order valence-corrected chi connectivity index (χ0v) is 36.3. The van der Waals surface area contributed by atoms with Crippen molar-refractivity contribution < 1.29 is 28.6 Å². The molecule has 0 saturated carbocycles. The van der Waals surface area contributed by atoms with Crippen molar-refractivity contribution in [3.8, 4) is 0 Å². The monoisotopic (exact) mass is 751 g/mol. The predicted molar refractivity (Wildman–Crippen MR) is 224 cm³/mol. The average molecular weight is 751 g/mol. The highest BCUT2D eigenvalue weighted by molar-refractivity contribution is 5.71. The first-order chi connectivity index (χ1) is 25.6. The third-order valence-corrected chi connectivity index (χ3v) is 10.8. The maximum absolute atomic E-state index is 12.7. The SMILES string of the molecule is CCC(C)CCCCCCCCC(=O)OC[C@H](COC(=O)CCCCCCCCCCCCCCC(C)C)OC(=O)CCCCCCCCCC(C)C. The molecule has 0 aromatic rings. The van der Waals surface area contributed by atoms with Crippen LogP contribution in [-0.4, -0.2) is 37.2 Å². The van der Waals surface area contributed by atoms with E-state index in [1.807, 2.05) is 0 Å². The first-order valence-electron chi connectivity index (χ1n) is 23.1. The Morgan fingerprint density at radius 3 is 0.981 bits per heavy atom. The third-order valence-electron chi connectivity index (χ3n) is 10.8. The minimum atomic E-state index is -0.762. The van der Waals surface area contributed by atoms with Crippen molar-refractivity contribution in [2.75, 3.05) is 13.2 Å². The number of esters is 3. The number of hydrogen-bond donors (Lipinski definition) is 0. The molecule has 1 unspecified atom stereocenters. The first kappa shape index (κ1) is 51.4. The maximum Gasteiger partial charge on any atom is 0.306 e. The van der Waals surface area contributed by atoms with Gasteiger partial charge in [-0.1, -0.05) is 208 Å². The molecule has 6 nitrogen and oxygen atoms in total. The Labute approximate surface area is 329 Å². The van der Waals surface area contributed by atoms with Crippen molar-refractivity contribution >= 4 is 17.9 Å². The van der Waals surface area contributed by atoms with Crippen LogP contribution in [0.15, 0.2) is 0 Å². The van der Waals surface area contributed by atoms with Gasteiger partial charge in [-0.2, -0.15) is 0 Å². The molecule has 0 N–H and O–H groups in total. The lowest BCUT2D eigenvalue weighted by Crippen LogP contribution is -2.30. The van der Waals surface area contributed by atoms with Crippen molar-refractivity contribution in [3.63, 3.8) is 0 Å². The molecule has 0 aliphatic heterocycles. The van der Waals surface area contributed by atoms with Gasteiger partial charge in [0.05, 0.1) is 0 Å². The molecule has 0 bridgehead atoms. The van der Waals surface area contributed by atoms with Crippen molar-refractivity contribution in [1.29, 1.82) is 0 Å². The molecule has 0 heterocycles. The summed E-state index contributed by atoms with van der Waals surface area (Å²) in [5, 5.41) is 0. The highest BCUT2D eigenvalue weighted by Gasteiger charge is 2.19. The molecular weight excluding hydrogens is 661 g/mol. The van der Waals surface area contributed by atoms with Crippen LogP contribution in [0, 0.1) is 17.8 Å². The summed E-state index contributed by atoms with van der Waals surface area (Å²) in [4.78, 5) is 37.7. The second-order valence-corrected chi connectivity index (χ2v) is 17.2. The van der Waals surface area contributed by atoms with Crippen LogP contribution in [0.1, 0.15) is 247 Å². The van der Waals surface area contributed by atoms with E-state index in [4.69, 9.17) is 14.2 Å². The summed E-state index contributed by atoms with van der Waals surface area (Å²) in [5.41, 5.74) is 0. The van der Waals surface area contributed by atoms with Gasteiger partial charge in [0.15, 0.2) is 6.10 Å². The summed E-state index contributed by atoms with van der Waals surface area (Å²) in [6.07, 6.45) is 35.3. The van der Waals surface area contributed by atoms with Gasteiger partial charge in [-0.25, -0.2) is 0 Å². The average Bonchev–Trinajstić information content (AvgIpc) is 3.12.